The number of primary sulfonamides is 1. The van der Waals surface area contributed by atoms with Crippen LogP contribution in [0.5, 0.6) is 11.6 Å². The van der Waals surface area contributed by atoms with Crippen molar-refractivity contribution in [1.82, 2.24) is 4.98 Å². The Hall–Kier alpha value is -1.48. The number of nitrogens with zero attached hydrogens (tertiary/aromatic N) is 1. The molecular formula is C8H10F2N2O4S. The molecule has 17 heavy (non-hydrogen) atoms. The first kappa shape index (κ1) is 13.6. The van der Waals surface area contributed by atoms with Crippen molar-refractivity contribution in [2.24, 2.45) is 5.14 Å². The van der Waals surface area contributed by atoms with Crippen LogP contribution in [0.3, 0.4) is 0 Å². The molecule has 0 aliphatic rings. The molecule has 2 N–H and O–H groups in total. The Labute approximate surface area is 96.4 Å². The molecule has 0 unspecified atom stereocenters. The molecule has 0 aliphatic carbocycles. The van der Waals surface area contributed by atoms with E-state index in [9.17, 15) is 17.2 Å². The second-order valence-corrected chi connectivity index (χ2v) is 4.43. The van der Waals surface area contributed by atoms with Gasteiger partial charge >= 0.3 is 0 Å². The lowest BCUT2D eigenvalue weighted by Crippen LogP contribution is -2.17. The van der Waals surface area contributed by atoms with E-state index in [0.29, 0.717) is 0 Å². The van der Waals surface area contributed by atoms with E-state index in [1.807, 2.05) is 0 Å². The van der Waals surface area contributed by atoms with Gasteiger partial charge in [0, 0.05) is 6.07 Å². The molecule has 0 aromatic carbocycles. The number of hydrogen-bond donors (Lipinski definition) is 1. The molecule has 9 heteroatoms. The fourth-order valence-electron chi connectivity index (χ4n) is 1.20. The van der Waals surface area contributed by atoms with E-state index in [-0.39, 0.29) is 11.6 Å². The summed E-state index contributed by atoms with van der Waals surface area (Å²) in [6, 6.07) is 1.06. The van der Waals surface area contributed by atoms with Gasteiger partial charge in [0.1, 0.15) is 11.4 Å². The minimum atomic E-state index is -4.37. The van der Waals surface area contributed by atoms with Crippen LogP contribution in [0.2, 0.25) is 0 Å². The number of alkyl halides is 2. The lowest BCUT2D eigenvalue weighted by molar-refractivity contribution is 0.140. The highest BCUT2D eigenvalue weighted by atomic mass is 32.2. The molecule has 96 valence electrons. The molecule has 1 aromatic heterocycles. The molecule has 0 radical (unpaired) electrons. The van der Waals surface area contributed by atoms with E-state index in [4.69, 9.17) is 9.88 Å². The van der Waals surface area contributed by atoms with Crippen LogP contribution in [0.1, 0.15) is 12.1 Å². The number of aromatic nitrogens is 1. The molecule has 1 aromatic rings. The van der Waals surface area contributed by atoms with Crippen molar-refractivity contribution in [3.8, 4) is 11.6 Å². The van der Waals surface area contributed by atoms with Crippen LogP contribution in [0, 0.1) is 0 Å². The summed E-state index contributed by atoms with van der Waals surface area (Å²) in [5, 5.41) is 4.84. The molecule has 0 saturated carbocycles. The zero-order chi connectivity index (χ0) is 13.2. The number of pyridine rings is 1. The van der Waals surface area contributed by atoms with Gasteiger partial charge < -0.3 is 9.47 Å². The van der Waals surface area contributed by atoms with Crippen LogP contribution in [0.15, 0.2) is 11.0 Å². The van der Waals surface area contributed by atoms with Gasteiger partial charge in [0.2, 0.25) is 15.9 Å². The van der Waals surface area contributed by atoms with Gasteiger partial charge in [-0.2, -0.15) is 0 Å². The number of sulfonamides is 1. The Kier molecular flexibility index (Phi) is 3.83. The first-order valence-corrected chi connectivity index (χ1v) is 5.79. The maximum atomic E-state index is 12.7. The Balaban J connectivity index is 3.65. The van der Waals surface area contributed by atoms with Gasteiger partial charge in [-0.25, -0.2) is 27.3 Å². The largest absolute Gasteiger partial charge is 0.495 e. The summed E-state index contributed by atoms with van der Waals surface area (Å²) >= 11 is 0. The van der Waals surface area contributed by atoms with Crippen molar-refractivity contribution in [3.63, 3.8) is 0 Å². The maximum absolute atomic E-state index is 12.7. The lowest BCUT2D eigenvalue weighted by Gasteiger charge is -2.12. The van der Waals surface area contributed by atoms with Crippen molar-refractivity contribution in [2.75, 3.05) is 14.2 Å². The van der Waals surface area contributed by atoms with Crippen molar-refractivity contribution >= 4 is 10.0 Å². The summed E-state index contributed by atoms with van der Waals surface area (Å²) in [6.07, 6.45) is -3.12. The van der Waals surface area contributed by atoms with Crippen LogP contribution < -0.4 is 14.6 Å². The standard InChI is InChI=1S/C8H10F2N2O4S/c1-15-4-3-5(16-2)12-6(8(9)10)7(4)17(11,13)14/h3,8H,1-2H3,(H2,11,13,14). The number of ether oxygens (including phenoxy) is 2. The second kappa shape index (κ2) is 4.80. The zero-order valence-corrected chi connectivity index (χ0v) is 9.79. The van der Waals surface area contributed by atoms with E-state index in [0.717, 1.165) is 13.2 Å². The third-order valence-corrected chi connectivity index (χ3v) is 2.84. The van der Waals surface area contributed by atoms with Crippen LogP contribution in [0.4, 0.5) is 8.78 Å². The first-order valence-electron chi connectivity index (χ1n) is 4.25. The SMILES string of the molecule is COc1cc(OC)c(S(N)(=O)=O)c(C(F)F)n1. The fraction of sp³-hybridized carbons (Fsp3) is 0.375. The number of hydrogen-bond acceptors (Lipinski definition) is 5. The summed E-state index contributed by atoms with van der Waals surface area (Å²) in [7, 11) is -2.04. The lowest BCUT2D eigenvalue weighted by atomic mass is 10.3. The number of nitrogens with two attached hydrogens (primary N) is 1. The van der Waals surface area contributed by atoms with Gasteiger partial charge in [-0.1, -0.05) is 0 Å². The van der Waals surface area contributed by atoms with Crippen molar-refractivity contribution < 1.29 is 26.7 Å². The molecule has 0 amide bonds. The summed E-state index contributed by atoms with van der Waals surface area (Å²) in [5.41, 5.74) is -0.997. The van der Waals surface area contributed by atoms with Crippen molar-refractivity contribution in [1.29, 1.82) is 0 Å². The Bertz CT molecular complexity index is 519. The average Bonchev–Trinajstić information content (AvgIpc) is 2.25. The number of rotatable bonds is 4. The molecule has 0 fully saturated rings. The van der Waals surface area contributed by atoms with Gasteiger partial charge in [-0.3, -0.25) is 0 Å². The van der Waals surface area contributed by atoms with Gasteiger partial charge in [0.25, 0.3) is 6.43 Å². The molecule has 1 heterocycles. The monoisotopic (exact) mass is 268 g/mol. The van der Waals surface area contributed by atoms with Crippen LogP contribution in [-0.4, -0.2) is 27.6 Å². The minimum Gasteiger partial charge on any atom is -0.495 e. The average molecular weight is 268 g/mol. The first-order chi connectivity index (χ1) is 7.81. The highest BCUT2D eigenvalue weighted by Crippen LogP contribution is 2.34. The quantitative estimate of drug-likeness (QED) is 0.867. The summed E-state index contributed by atoms with van der Waals surface area (Å²) in [5.74, 6) is -0.529. The molecule has 0 spiro atoms. The Morgan fingerprint density at radius 3 is 2.29 bits per heavy atom. The van der Waals surface area contributed by atoms with Crippen LogP contribution in [-0.2, 0) is 10.0 Å². The molecule has 0 saturated heterocycles. The molecule has 6 nitrogen and oxygen atoms in total. The highest BCUT2D eigenvalue weighted by Gasteiger charge is 2.28. The van der Waals surface area contributed by atoms with Gasteiger partial charge in [-0.15, -0.1) is 0 Å². The van der Waals surface area contributed by atoms with Crippen LogP contribution >= 0.6 is 0 Å². The molecule has 0 atom stereocenters. The maximum Gasteiger partial charge on any atom is 0.282 e. The normalized spacial score (nSPS) is 11.6. The summed E-state index contributed by atoms with van der Waals surface area (Å²) in [6.45, 7) is 0. The third-order valence-electron chi connectivity index (χ3n) is 1.86. The predicted octanol–water partition coefficient (Wildman–Crippen LogP) is 0.684. The summed E-state index contributed by atoms with van der Waals surface area (Å²) < 4.78 is 57.2. The number of methoxy groups -OCH3 is 2. The third kappa shape index (κ3) is 2.80. The number of halogens is 2. The Morgan fingerprint density at radius 1 is 1.35 bits per heavy atom. The molecule has 0 aliphatic heterocycles. The van der Waals surface area contributed by atoms with E-state index in [1.165, 1.54) is 7.11 Å². The van der Waals surface area contributed by atoms with Gasteiger partial charge in [-0.05, 0) is 0 Å². The van der Waals surface area contributed by atoms with E-state index in [2.05, 4.69) is 9.72 Å². The minimum absolute atomic E-state index is 0.190. The topological polar surface area (TPSA) is 91.5 Å². The summed E-state index contributed by atoms with van der Waals surface area (Å²) in [4.78, 5) is 2.52. The predicted molar refractivity (Wildman–Crippen MR) is 53.7 cm³/mol. The van der Waals surface area contributed by atoms with E-state index >= 15 is 0 Å². The highest BCUT2D eigenvalue weighted by molar-refractivity contribution is 7.89. The fourth-order valence-corrected chi connectivity index (χ4v) is 2.04. The molecule has 1 rings (SSSR count). The smallest absolute Gasteiger partial charge is 0.282 e. The molecular weight excluding hydrogens is 258 g/mol. The van der Waals surface area contributed by atoms with Gasteiger partial charge in [0.05, 0.1) is 14.2 Å². The van der Waals surface area contributed by atoms with E-state index in [1.54, 1.807) is 0 Å². The second-order valence-electron chi connectivity index (χ2n) is 2.93. The molecule has 0 bridgehead atoms. The van der Waals surface area contributed by atoms with Gasteiger partial charge in [0.15, 0.2) is 4.90 Å². The van der Waals surface area contributed by atoms with E-state index < -0.39 is 27.0 Å². The van der Waals surface area contributed by atoms with Crippen molar-refractivity contribution in [3.05, 3.63) is 11.8 Å². The Morgan fingerprint density at radius 2 is 1.94 bits per heavy atom. The zero-order valence-electron chi connectivity index (χ0n) is 8.98. The van der Waals surface area contributed by atoms with Crippen LogP contribution in [0.25, 0.3) is 0 Å². The van der Waals surface area contributed by atoms with Crippen molar-refractivity contribution in [2.45, 2.75) is 11.3 Å².